The quantitative estimate of drug-likeness (QED) is 0.738. The van der Waals surface area contributed by atoms with Gasteiger partial charge in [-0.3, -0.25) is 9.05 Å². The number of hydrogen-bond donors (Lipinski definition) is 0. The largest absolute Gasteiger partial charge is 0.529 e. The van der Waals surface area contributed by atoms with Gasteiger partial charge in [0.15, 0.2) is 0 Å². The van der Waals surface area contributed by atoms with Crippen LogP contribution in [0.1, 0.15) is 5.56 Å². The molecule has 1 aromatic carbocycles. The van der Waals surface area contributed by atoms with Gasteiger partial charge in [-0.2, -0.15) is 5.26 Å². The summed E-state index contributed by atoms with van der Waals surface area (Å²) in [6.45, 7) is 0. The first-order chi connectivity index (χ1) is 7.13. The molecule has 0 unspecified atom stereocenters. The molecule has 0 fully saturated rings. The normalized spacial score (nSPS) is 10.7. The molecule has 0 heterocycles. The second-order valence-corrected chi connectivity index (χ2v) is 4.35. The number of rotatable bonds is 4. The molecule has 0 amide bonds. The van der Waals surface area contributed by atoms with Crippen molar-refractivity contribution in [3.8, 4) is 11.8 Å². The molecule has 0 aromatic heterocycles. The van der Waals surface area contributed by atoms with Crippen molar-refractivity contribution in [2.75, 3.05) is 14.2 Å². The summed E-state index contributed by atoms with van der Waals surface area (Å²) < 4.78 is 25.7. The predicted octanol–water partition coefficient (Wildman–Crippen LogP) is 2.34. The van der Waals surface area contributed by atoms with Crippen LogP contribution >= 0.6 is 7.82 Å². The fraction of sp³-hybridized carbons (Fsp3) is 0.222. The second kappa shape index (κ2) is 4.94. The fourth-order valence-corrected chi connectivity index (χ4v) is 1.55. The van der Waals surface area contributed by atoms with Crippen LogP contribution in [-0.4, -0.2) is 14.2 Å². The van der Waals surface area contributed by atoms with Crippen LogP contribution in [0.4, 0.5) is 0 Å². The van der Waals surface area contributed by atoms with Crippen LogP contribution in [0.25, 0.3) is 0 Å². The molecular weight excluding hydrogens is 217 g/mol. The molecule has 0 spiro atoms. The van der Waals surface area contributed by atoms with Gasteiger partial charge in [-0.15, -0.1) is 0 Å². The summed E-state index contributed by atoms with van der Waals surface area (Å²) >= 11 is 0. The average molecular weight is 227 g/mol. The number of nitrogens with zero attached hydrogens (tertiary/aromatic N) is 1. The lowest BCUT2D eigenvalue weighted by molar-refractivity contribution is 0.211. The van der Waals surface area contributed by atoms with Gasteiger partial charge in [0.25, 0.3) is 0 Å². The molecule has 1 aromatic rings. The van der Waals surface area contributed by atoms with E-state index >= 15 is 0 Å². The highest BCUT2D eigenvalue weighted by Gasteiger charge is 2.24. The van der Waals surface area contributed by atoms with Crippen LogP contribution in [0.15, 0.2) is 24.3 Å². The molecular formula is C9H10NO4P. The first kappa shape index (κ1) is 11.7. The molecule has 6 heteroatoms. The van der Waals surface area contributed by atoms with Gasteiger partial charge in [0, 0.05) is 14.2 Å². The van der Waals surface area contributed by atoms with Crippen molar-refractivity contribution < 1.29 is 18.1 Å². The maximum atomic E-state index is 11.5. The van der Waals surface area contributed by atoms with E-state index < -0.39 is 7.82 Å². The Morgan fingerprint density at radius 2 is 1.73 bits per heavy atom. The number of hydrogen-bond acceptors (Lipinski definition) is 5. The number of nitriles is 1. The molecule has 0 saturated carbocycles. The van der Waals surface area contributed by atoms with Crippen molar-refractivity contribution in [3.05, 3.63) is 29.8 Å². The molecule has 0 radical (unpaired) electrons. The highest BCUT2D eigenvalue weighted by atomic mass is 31.2. The third-order valence-corrected chi connectivity index (χ3v) is 2.98. The minimum atomic E-state index is -3.51. The third-order valence-electron chi connectivity index (χ3n) is 1.65. The molecule has 80 valence electrons. The average Bonchev–Trinajstić information content (AvgIpc) is 2.30. The summed E-state index contributed by atoms with van der Waals surface area (Å²) in [7, 11) is -1.05. The molecule has 0 aliphatic rings. The smallest absolute Gasteiger partial charge is 0.404 e. The second-order valence-electron chi connectivity index (χ2n) is 2.54. The number of benzene rings is 1. The van der Waals surface area contributed by atoms with E-state index in [4.69, 9.17) is 9.79 Å². The van der Waals surface area contributed by atoms with Crippen molar-refractivity contribution in [1.29, 1.82) is 5.26 Å². The standard InChI is InChI=1S/C9H10NO4P/c1-12-15(11,13-2)14-9-5-3-8(7-10)4-6-9/h3-6H,1-2H3. The van der Waals surface area contributed by atoms with Crippen molar-refractivity contribution in [3.63, 3.8) is 0 Å². The van der Waals surface area contributed by atoms with E-state index in [1.807, 2.05) is 6.07 Å². The highest BCUT2D eigenvalue weighted by molar-refractivity contribution is 7.48. The van der Waals surface area contributed by atoms with E-state index in [1.165, 1.54) is 26.4 Å². The van der Waals surface area contributed by atoms with Crippen LogP contribution in [0.2, 0.25) is 0 Å². The lowest BCUT2D eigenvalue weighted by Crippen LogP contribution is -1.96. The van der Waals surface area contributed by atoms with E-state index in [9.17, 15) is 4.57 Å². The molecule has 0 aliphatic carbocycles. The summed E-state index contributed by atoms with van der Waals surface area (Å²) in [6, 6.07) is 8.09. The zero-order valence-corrected chi connectivity index (χ0v) is 9.23. The zero-order valence-electron chi connectivity index (χ0n) is 8.34. The highest BCUT2D eigenvalue weighted by Crippen LogP contribution is 2.47. The SMILES string of the molecule is COP(=O)(OC)Oc1ccc(C#N)cc1. The van der Waals surface area contributed by atoms with Gasteiger partial charge in [0.2, 0.25) is 0 Å². The fourth-order valence-electron chi connectivity index (χ4n) is 0.869. The Morgan fingerprint density at radius 1 is 1.20 bits per heavy atom. The third kappa shape index (κ3) is 3.07. The van der Waals surface area contributed by atoms with Crippen LogP contribution in [0, 0.1) is 11.3 Å². The zero-order chi connectivity index (χ0) is 11.3. The molecule has 0 saturated heterocycles. The van der Waals surface area contributed by atoms with Crippen molar-refractivity contribution in [1.82, 2.24) is 0 Å². The van der Waals surface area contributed by atoms with Crippen molar-refractivity contribution >= 4 is 7.82 Å². The molecule has 0 aliphatic heterocycles. The van der Waals surface area contributed by atoms with Gasteiger partial charge < -0.3 is 4.52 Å². The Hall–Kier alpha value is -1.34. The maximum absolute atomic E-state index is 11.5. The van der Waals surface area contributed by atoms with Crippen LogP contribution in [0.3, 0.4) is 0 Å². The predicted molar refractivity (Wildman–Crippen MR) is 53.4 cm³/mol. The van der Waals surface area contributed by atoms with Gasteiger partial charge in [0.1, 0.15) is 5.75 Å². The van der Waals surface area contributed by atoms with Crippen LogP contribution in [0.5, 0.6) is 5.75 Å². The first-order valence-corrected chi connectivity index (χ1v) is 5.51. The van der Waals surface area contributed by atoms with E-state index in [0.29, 0.717) is 11.3 Å². The lowest BCUT2D eigenvalue weighted by atomic mass is 10.2. The van der Waals surface area contributed by atoms with Gasteiger partial charge >= 0.3 is 7.82 Å². The molecule has 0 atom stereocenters. The Morgan fingerprint density at radius 3 is 2.13 bits per heavy atom. The summed E-state index contributed by atoms with van der Waals surface area (Å²) in [4.78, 5) is 0. The Bertz CT molecular complexity index is 401. The Balaban J connectivity index is 2.82. The molecule has 0 bridgehead atoms. The Labute approximate surface area is 87.8 Å². The van der Waals surface area contributed by atoms with Crippen LogP contribution < -0.4 is 4.52 Å². The van der Waals surface area contributed by atoms with E-state index in [-0.39, 0.29) is 0 Å². The maximum Gasteiger partial charge on any atom is 0.529 e. The summed E-state index contributed by atoms with van der Waals surface area (Å²) in [5, 5.41) is 8.56. The number of phosphoric acid groups is 1. The van der Waals surface area contributed by atoms with E-state index in [0.717, 1.165) is 0 Å². The minimum absolute atomic E-state index is 0.320. The first-order valence-electron chi connectivity index (χ1n) is 4.05. The molecule has 1 rings (SSSR count). The molecule has 5 nitrogen and oxygen atoms in total. The summed E-state index contributed by atoms with van der Waals surface area (Å²) in [5.41, 5.74) is 0.493. The van der Waals surface area contributed by atoms with Gasteiger partial charge in [-0.1, -0.05) is 0 Å². The monoisotopic (exact) mass is 227 g/mol. The Kier molecular flexibility index (Phi) is 3.87. The van der Waals surface area contributed by atoms with E-state index in [2.05, 4.69) is 9.05 Å². The lowest BCUT2D eigenvalue weighted by Gasteiger charge is -2.13. The molecule has 0 N–H and O–H groups in total. The van der Waals surface area contributed by atoms with E-state index in [1.54, 1.807) is 12.1 Å². The number of phosphoric ester groups is 1. The van der Waals surface area contributed by atoms with Gasteiger partial charge in [0.05, 0.1) is 11.6 Å². The van der Waals surface area contributed by atoms with Gasteiger partial charge in [-0.05, 0) is 24.3 Å². The van der Waals surface area contributed by atoms with Crippen molar-refractivity contribution in [2.24, 2.45) is 0 Å². The van der Waals surface area contributed by atoms with Crippen LogP contribution in [-0.2, 0) is 13.6 Å². The van der Waals surface area contributed by atoms with Crippen molar-refractivity contribution in [2.45, 2.75) is 0 Å². The summed E-state index contributed by atoms with van der Waals surface area (Å²) in [6.07, 6.45) is 0. The molecule has 15 heavy (non-hydrogen) atoms. The summed E-state index contributed by atoms with van der Waals surface area (Å²) in [5.74, 6) is 0.320. The minimum Gasteiger partial charge on any atom is -0.404 e. The van der Waals surface area contributed by atoms with Gasteiger partial charge in [-0.25, -0.2) is 4.57 Å². The topological polar surface area (TPSA) is 68.6 Å².